The maximum absolute atomic E-state index is 4.35. The zero-order chi connectivity index (χ0) is 25.1. The molecule has 6 heterocycles. The predicted molar refractivity (Wildman–Crippen MR) is 152 cm³/mol. The number of rotatable bonds is 3. The van der Waals surface area contributed by atoms with Crippen molar-refractivity contribution in [3.05, 3.63) is 122 Å². The van der Waals surface area contributed by atoms with E-state index in [2.05, 4.69) is 102 Å². The third kappa shape index (κ3) is 3.01. The molecule has 0 spiro atoms. The van der Waals surface area contributed by atoms with Crippen molar-refractivity contribution in [1.82, 2.24) is 29.1 Å². The van der Waals surface area contributed by atoms with Gasteiger partial charge in [-0.05, 0) is 59.7 Å². The fourth-order valence-corrected chi connectivity index (χ4v) is 5.60. The van der Waals surface area contributed by atoms with Crippen LogP contribution in [0.5, 0.6) is 0 Å². The average Bonchev–Trinajstić information content (AvgIpc) is 3.51. The van der Waals surface area contributed by atoms with Crippen molar-refractivity contribution in [3.8, 4) is 22.5 Å². The Morgan fingerprint density at radius 2 is 0.842 bits per heavy atom. The van der Waals surface area contributed by atoms with Gasteiger partial charge < -0.3 is 9.13 Å². The minimum absolute atomic E-state index is 1.10. The van der Waals surface area contributed by atoms with Crippen LogP contribution < -0.4 is 0 Å². The molecule has 8 aromatic rings. The molecule has 178 valence electrons. The van der Waals surface area contributed by atoms with Gasteiger partial charge in [0.15, 0.2) is 0 Å². The first-order valence-corrected chi connectivity index (χ1v) is 12.4. The van der Waals surface area contributed by atoms with Crippen molar-refractivity contribution in [3.63, 3.8) is 0 Å². The third-order valence-corrected chi connectivity index (χ3v) is 7.30. The molecule has 2 aromatic carbocycles. The van der Waals surface area contributed by atoms with Gasteiger partial charge in [0.1, 0.15) is 0 Å². The minimum Gasteiger partial charge on any atom is -0.309 e. The zero-order valence-corrected chi connectivity index (χ0v) is 20.2. The number of hydrogen-bond donors (Lipinski definition) is 0. The van der Waals surface area contributed by atoms with Crippen molar-refractivity contribution >= 4 is 43.6 Å². The Bertz CT molecular complexity index is 2030. The van der Waals surface area contributed by atoms with E-state index in [0.29, 0.717) is 0 Å². The van der Waals surface area contributed by atoms with Gasteiger partial charge in [-0.1, -0.05) is 24.3 Å². The van der Waals surface area contributed by atoms with Gasteiger partial charge in [-0.15, -0.1) is 0 Å². The summed E-state index contributed by atoms with van der Waals surface area (Å²) in [5, 5.41) is 4.40. The number of hydrogen-bond acceptors (Lipinski definition) is 4. The second-order valence-electron chi connectivity index (χ2n) is 9.34. The molecule has 0 N–H and O–H groups in total. The van der Waals surface area contributed by atoms with Crippen LogP contribution in [0.2, 0.25) is 0 Å². The van der Waals surface area contributed by atoms with Crippen LogP contribution in [0.1, 0.15) is 0 Å². The molecule has 0 bridgehead atoms. The van der Waals surface area contributed by atoms with E-state index in [4.69, 9.17) is 0 Å². The molecule has 0 saturated heterocycles. The van der Waals surface area contributed by atoms with Gasteiger partial charge in [0.25, 0.3) is 0 Å². The standard InChI is InChI=1S/C32H20N6/c1-2-22(16-24(3-1)38-31-10-14-35-19-27(31)28-20-36-15-11-32(28)38)21-4-6-23(7-5-21)37-29-8-12-33-17-25(29)26-18-34-13-9-30(26)37/h1-20H. The fraction of sp³-hybridized carbons (Fsp3) is 0. The van der Waals surface area contributed by atoms with E-state index in [1.807, 2.05) is 49.6 Å². The first-order valence-electron chi connectivity index (χ1n) is 12.4. The zero-order valence-electron chi connectivity index (χ0n) is 20.2. The Balaban J connectivity index is 1.25. The van der Waals surface area contributed by atoms with E-state index in [1.165, 1.54) is 0 Å². The summed E-state index contributed by atoms with van der Waals surface area (Å²) in [6.07, 6.45) is 15.0. The molecular weight excluding hydrogens is 468 g/mol. The highest BCUT2D eigenvalue weighted by molar-refractivity contribution is 6.09. The molecule has 8 rings (SSSR count). The molecule has 0 saturated carbocycles. The van der Waals surface area contributed by atoms with Crippen LogP contribution in [0.4, 0.5) is 0 Å². The first-order chi connectivity index (χ1) is 18.9. The topological polar surface area (TPSA) is 61.4 Å². The van der Waals surface area contributed by atoms with Gasteiger partial charge in [0.2, 0.25) is 0 Å². The maximum Gasteiger partial charge on any atom is 0.0572 e. The maximum atomic E-state index is 4.35. The van der Waals surface area contributed by atoms with Crippen LogP contribution in [0.15, 0.2) is 122 Å². The summed E-state index contributed by atoms with van der Waals surface area (Å²) in [6, 6.07) is 25.7. The number of fused-ring (bicyclic) bond motifs is 6. The summed E-state index contributed by atoms with van der Waals surface area (Å²) in [5.74, 6) is 0. The van der Waals surface area contributed by atoms with Crippen molar-refractivity contribution in [2.75, 3.05) is 0 Å². The number of benzene rings is 2. The molecule has 0 radical (unpaired) electrons. The lowest BCUT2D eigenvalue weighted by atomic mass is 10.0. The summed E-state index contributed by atoms with van der Waals surface area (Å²) in [6.45, 7) is 0. The quantitative estimate of drug-likeness (QED) is 0.265. The highest BCUT2D eigenvalue weighted by atomic mass is 15.0. The Morgan fingerprint density at radius 3 is 1.32 bits per heavy atom. The fourth-order valence-electron chi connectivity index (χ4n) is 5.60. The molecule has 0 aliphatic heterocycles. The van der Waals surface area contributed by atoms with Gasteiger partial charge in [-0.2, -0.15) is 0 Å². The van der Waals surface area contributed by atoms with E-state index in [1.54, 1.807) is 0 Å². The summed E-state index contributed by atoms with van der Waals surface area (Å²) in [4.78, 5) is 17.4. The number of pyridine rings is 4. The van der Waals surface area contributed by atoms with Crippen molar-refractivity contribution in [2.24, 2.45) is 0 Å². The molecule has 0 fully saturated rings. The molecule has 38 heavy (non-hydrogen) atoms. The minimum atomic E-state index is 1.10. The molecule has 0 amide bonds. The molecular formula is C32H20N6. The summed E-state index contributed by atoms with van der Waals surface area (Å²) < 4.78 is 4.56. The SMILES string of the molecule is c1cc(-c2ccc(-n3c4ccncc4c4cnccc43)cc2)cc(-n2c3ccncc3c3cnccc32)c1. The Kier molecular flexibility index (Phi) is 4.42. The monoisotopic (exact) mass is 488 g/mol. The Hall–Kier alpha value is -5.36. The molecule has 6 heteroatoms. The highest BCUT2D eigenvalue weighted by Gasteiger charge is 2.14. The molecule has 0 atom stereocenters. The second kappa shape index (κ2) is 8.08. The summed E-state index contributed by atoms with van der Waals surface area (Å²) >= 11 is 0. The smallest absolute Gasteiger partial charge is 0.0572 e. The van der Waals surface area contributed by atoms with Crippen LogP contribution in [-0.2, 0) is 0 Å². The van der Waals surface area contributed by atoms with Crippen molar-refractivity contribution < 1.29 is 0 Å². The van der Waals surface area contributed by atoms with Crippen LogP contribution >= 0.6 is 0 Å². The Morgan fingerprint density at radius 1 is 0.395 bits per heavy atom. The van der Waals surface area contributed by atoms with Gasteiger partial charge in [-0.25, -0.2) is 0 Å². The molecule has 0 aliphatic carbocycles. The normalized spacial score (nSPS) is 11.7. The van der Waals surface area contributed by atoms with Crippen molar-refractivity contribution in [2.45, 2.75) is 0 Å². The number of aromatic nitrogens is 6. The molecule has 0 unspecified atom stereocenters. The average molecular weight is 489 g/mol. The van der Waals surface area contributed by atoms with E-state index < -0.39 is 0 Å². The Labute approximate surface area is 217 Å². The van der Waals surface area contributed by atoms with Crippen LogP contribution in [0, 0.1) is 0 Å². The van der Waals surface area contributed by atoms with Gasteiger partial charge >= 0.3 is 0 Å². The first kappa shape index (κ1) is 20.8. The van der Waals surface area contributed by atoms with E-state index >= 15 is 0 Å². The highest BCUT2D eigenvalue weighted by Crippen LogP contribution is 2.34. The molecule has 6 aromatic heterocycles. The number of nitrogens with zero attached hydrogens (tertiary/aromatic N) is 6. The second-order valence-corrected chi connectivity index (χ2v) is 9.34. The van der Waals surface area contributed by atoms with E-state index in [-0.39, 0.29) is 0 Å². The lowest BCUT2D eigenvalue weighted by Gasteiger charge is -2.11. The van der Waals surface area contributed by atoms with Crippen molar-refractivity contribution in [1.29, 1.82) is 0 Å². The predicted octanol–water partition coefficient (Wildman–Crippen LogP) is 7.13. The third-order valence-electron chi connectivity index (χ3n) is 7.30. The van der Waals surface area contributed by atoms with E-state index in [9.17, 15) is 0 Å². The van der Waals surface area contributed by atoms with Crippen LogP contribution in [0.3, 0.4) is 0 Å². The molecule has 6 nitrogen and oxygen atoms in total. The molecule has 0 aliphatic rings. The summed E-state index contributed by atoms with van der Waals surface area (Å²) in [7, 11) is 0. The van der Waals surface area contributed by atoms with Crippen LogP contribution in [0.25, 0.3) is 66.1 Å². The van der Waals surface area contributed by atoms with Gasteiger partial charge in [-0.3, -0.25) is 19.9 Å². The largest absolute Gasteiger partial charge is 0.309 e. The van der Waals surface area contributed by atoms with E-state index in [0.717, 1.165) is 66.1 Å². The lowest BCUT2D eigenvalue weighted by molar-refractivity contribution is 1.17. The van der Waals surface area contributed by atoms with Gasteiger partial charge in [0, 0.05) is 82.5 Å². The van der Waals surface area contributed by atoms with Crippen LogP contribution in [-0.4, -0.2) is 29.1 Å². The van der Waals surface area contributed by atoms with Gasteiger partial charge in [0.05, 0.1) is 22.1 Å². The summed E-state index contributed by atoms with van der Waals surface area (Å²) in [5.41, 5.74) is 8.99. The lowest BCUT2D eigenvalue weighted by Crippen LogP contribution is -1.95.